The number of benzene rings is 3. The van der Waals surface area contributed by atoms with E-state index >= 15 is 0 Å². The standard InChI is InChI=1S/C24H17BrN6S/c25-20-13-11-17(12-14-20)16-26-31-23(27-28-24(31)32)30-22(19-9-5-2-6-10-19)15-21(29-30)18-7-3-1-4-8-18/h1-16H,(H,28,32)/b26-16+. The van der Waals surface area contributed by atoms with Gasteiger partial charge in [-0.3, -0.25) is 0 Å². The topological polar surface area (TPSA) is 63.8 Å². The van der Waals surface area contributed by atoms with Gasteiger partial charge in [0.1, 0.15) is 0 Å². The molecule has 32 heavy (non-hydrogen) atoms. The number of hydrogen-bond donors (Lipinski definition) is 1. The molecule has 0 saturated carbocycles. The van der Waals surface area contributed by atoms with Crippen LogP contribution in [0.3, 0.4) is 0 Å². The van der Waals surface area contributed by atoms with Gasteiger partial charge in [-0.15, -0.1) is 5.10 Å². The number of aromatic nitrogens is 5. The lowest BCUT2D eigenvalue weighted by atomic mass is 10.1. The van der Waals surface area contributed by atoms with E-state index < -0.39 is 0 Å². The van der Waals surface area contributed by atoms with Gasteiger partial charge >= 0.3 is 0 Å². The minimum atomic E-state index is 0.379. The van der Waals surface area contributed by atoms with Crippen molar-refractivity contribution in [2.75, 3.05) is 0 Å². The molecule has 0 aliphatic rings. The van der Waals surface area contributed by atoms with E-state index in [2.05, 4.69) is 31.2 Å². The molecule has 6 nitrogen and oxygen atoms in total. The number of rotatable bonds is 5. The fourth-order valence-corrected chi connectivity index (χ4v) is 3.73. The Morgan fingerprint density at radius 3 is 2.22 bits per heavy atom. The van der Waals surface area contributed by atoms with E-state index in [4.69, 9.17) is 17.3 Å². The van der Waals surface area contributed by atoms with Gasteiger partial charge in [-0.05, 0) is 36.0 Å². The van der Waals surface area contributed by atoms with Crippen molar-refractivity contribution in [3.05, 3.63) is 106 Å². The van der Waals surface area contributed by atoms with Gasteiger partial charge in [0.25, 0.3) is 5.95 Å². The van der Waals surface area contributed by atoms with Crippen molar-refractivity contribution in [1.82, 2.24) is 24.7 Å². The van der Waals surface area contributed by atoms with Gasteiger partial charge in [0.15, 0.2) is 0 Å². The molecule has 2 aromatic heterocycles. The summed E-state index contributed by atoms with van der Waals surface area (Å²) in [7, 11) is 0. The number of halogens is 1. The maximum absolute atomic E-state index is 5.45. The Bertz CT molecular complexity index is 1430. The number of aromatic amines is 1. The Balaban J connectivity index is 1.64. The van der Waals surface area contributed by atoms with Gasteiger partial charge in [0.05, 0.1) is 17.6 Å². The van der Waals surface area contributed by atoms with E-state index in [-0.39, 0.29) is 0 Å². The maximum atomic E-state index is 5.45. The minimum Gasteiger partial charge on any atom is -0.248 e. The van der Waals surface area contributed by atoms with Crippen LogP contribution in [0.5, 0.6) is 0 Å². The molecule has 2 heterocycles. The van der Waals surface area contributed by atoms with E-state index in [1.807, 2.05) is 91.0 Å². The summed E-state index contributed by atoms with van der Waals surface area (Å²) < 4.78 is 4.73. The molecule has 0 bridgehead atoms. The highest BCUT2D eigenvalue weighted by Gasteiger charge is 2.17. The van der Waals surface area contributed by atoms with Crippen LogP contribution in [0.15, 0.2) is 101 Å². The molecule has 5 aromatic rings. The second-order valence-corrected chi connectivity index (χ2v) is 8.30. The first-order chi connectivity index (χ1) is 15.7. The first-order valence-corrected chi connectivity index (χ1v) is 11.1. The molecule has 3 aromatic carbocycles. The second kappa shape index (κ2) is 8.86. The number of hydrogen-bond acceptors (Lipinski definition) is 4. The molecule has 5 rings (SSSR count). The van der Waals surface area contributed by atoms with Gasteiger partial charge in [0.2, 0.25) is 4.77 Å². The summed E-state index contributed by atoms with van der Waals surface area (Å²) in [5.41, 5.74) is 4.69. The van der Waals surface area contributed by atoms with E-state index in [0.29, 0.717) is 10.7 Å². The van der Waals surface area contributed by atoms with E-state index in [1.165, 1.54) is 0 Å². The summed E-state index contributed by atoms with van der Waals surface area (Å²) in [4.78, 5) is 0. The smallest absolute Gasteiger partial charge is 0.248 e. The van der Waals surface area contributed by atoms with Crippen LogP contribution >= 0.6 is 28.1 Å². The molecule has 0 amide bonds. The van der Waals surface area contributed by atoms with E-state index in [1.54, 1.807) is 15.6 Å². The van der Waals surface area contributed by atoms with Gasteiger partial charge in [0, 0.05) is 15.6 Å². The van der Waals surface area contributed by atoms with Crippen molar-refractivity contribution in [3.8, 4) is 28.5 Å². The van der Waals surface area contributed by atoms with Crippen LogP contribution in [0.1, 0.15) is 5.56 Å². The molecular formula is C24H17BrN6S. The maximum Gasteiger partial charge on any atom is 0.272 e. The molecule has 0 fully saturated rings. The summed E-state index contributed by atoms with van der Waals surface area (Å²) in [5.74, 6) is 0.476. The van der Waals surface area contributed by atoms with Crippen molar-refractivity contribution in [2.45, 2.75) is 0 Å². The quantitative estimate of drug-likeness (QED) is 0.234. The lowest BCUT2D eigenvalue weighted by Crippen LogP contribution is -2.07. The van der Waals surface area contributed by atoms with Gasteiger partial charge < -0.3 is 0 Å². The third-order valence-electron chi connectivity index (χ3n) is 4.86. The lowest BCUT2D eigenvalue weighted by Gasteiger charge is -2.06. The highest BCUT2D eigenvalue weighted by Crippen LogP contribution is 2.28. The van der Waals surface area contributed by atoms with Crippen LogP contribution in [0.25, 0.3) is 28.5 Å². The second-order valence-electron chi connectivity index (χ2n) is 7.00. The highest BCUT2D eigenvalue weighted by atomic mass is 79.9. The summed E-state index contributed by atoms with van der Waals surface area (Å²) >= 11 is 8.90. The third-order valence-corrected chi connectivity index (χ3v) is 5.66. The van der Waals surface area contributed by atoms with Crippen LogP contribution in [0.4, 0.5) is 0 Å². The van der Waals surface area contributed by atoms with Gasteiger partial charge in [-0.1, -0.05) is 88.7 Å². The SMILES string of the molecule is S=c1[nH]nc(-n2nc(-c3ccccc3)cc2-c2ccccc2)n1/N=C/c1ccc(Br)cc1. The Morgan fingerprint density at radius 2 is 1.53 bits per heavy atom. The van der Waals surface area contributed by atoms with Crippen LogP contribution < -0.4 is 0 Å². The highest BCUT2D eigenvalue weighted by molar-refractivity contribution is 9.10. The molecular weight excluding hydrogens is 484 g/mol. The first kappa shape index (κ1) is 20.3. The first-order valence-electron chi connectivity index (χ1n) is 9.88. The fourth-order valence-electron chi connectivity index (χ4n) is 3.30. The molecule has 1 N–H and O–H groups in total. The third kappa shape index (κ3) is 4.10. The zero-order valence-corrected chi connectivity index (χ0v) is 19.2. The Kier molecular flexibility index (Phi) is 5.62. The average Bonchev–Trinajstić information content (AvgIpc) is 3.43. The van der Waals surface area contributed by atoms with Crippen molar-refractivity contribution in [3.63, 3.8) is 0 Å². The van der Waals surface area contributed by atoms with Crippen molar-refractivity contribution < 1.29 is 0 Å². The van der Waals surface area contributed by atoms with Gasteiger partial charge in [-0.2, -0.15) is 19.6 Å². The summed E-state index contributed by atoms with van der Waals surface area (Å²) in [6.45, 7) is 0. The fraction of sp³-hybridized carbons (Fsp3) is 0. The summed E-state index contributed by atoms with van der Waals surface area (Å²) in [6, 6.07) is 30.0. The molecule has 8 heteroatoms. The van der Waals surface area contributed by atoms with E-state index in [0.717, 1.165) is 32.6 Å². The molecule has 0 aliphatic heterocycles. The molecule has 0 atom stereocenters. The molecule has 0 radical (unpaired) electrons. The van der Waals surface area contributed by atoms with Crippen LogP contribution in [0, 0.1) is 4.77 Å². The summed E-state index contributed by atoms with van der Waals surface area (Å²) in [6.07, 6.45) is 1.74. The van der Waals surface area contributed by atoms with Crippen LogP contribution in [-0.2, 0) is 0 Å². The normalized spacial score (nSPS) is 11.3. The lowest BCUT2D eigenvalue weighted by molar-refractivity contribution is 0.741. The largest absolute Gasteiger partial charge is 0.272 e. The monoisotopic (exact) mass is 500 g/mol. The predicted molar refractivity (Wildman–Crippen MR) is 133 cm³/mol. The van der Waals surface area contributed by atoms with Crippen molar-refractivity contribution in [1.29, 1.82) is 0 Å². The number of H-pyrrole nitrogens is 1. The summed E-state index contributed by atoms with van der Waals surface area (Å²) in [5, 5.41) is 16.7. The number of nitrogens with zero attached hydrogens (tertiary/aromatic N) is 5. The minimum absolute atomic E-state index is 0.379. The predicted octanol–water partition coefficient (Wildman–Crippen LogP) is 6.11. The van der Waals surface area contributed by atoms with Crippen molar-refractivity contribution >= 4 is 34.4 Å². The zero-order valence-electron chi connectivity index (χ0n) is 16.8. The molecule has 0 saturated heterocycles. The zero-order chi connectivity index (χ0) is 21.9. The molecule has 0 spiro atoms. The van der Waals surface area contributed by atoms with Crippen molar-refractivity contribution in [2.24, 2.45) is 5.10 Å². The molecule has 0 aliphatic carbocycles. The average molecular weight is 501 g/mol. The molecule has 156 valence electrons. The molecule has 0 unspecified atom stereocenters. The van der Waals surface area contributed by atoms with Gasteiger partial charge in [-0.25, -0.2) is 5.10 Å². The Labute approximate surface area is 198 Å². The van der Waals surface area contributed by atoms with Crippen LogP contribution in [0.2, 0.25) is 0 Å². The Morgan fingerprint density at radius 1 is 0.875 bits per heavy atom. The van der Waals surface area contributed by atoms with Crippen LogP contribution in [-0.4, -0.2) is 30.9 Å². The Hall–Kier alpha value is -3.62. The number of nitrogens with one attached hydrogen (secondary N) is 1. The van der Waals surface area contributed by atoms with E-state index in [9.17, 15) is 0 Å².